The molecule has 0 N–H and O–H groups in total. The molecule has 0 saturated carbocycles. The Morgan fingerprint density at radius 3 is 1.41 bits per heavy atom. The first-order chi connectivity index (χ1) is 32.8. The van der Waals surface area contributed by atoms with E-state index in [2.05, 4.69) is 276 Å². The molecule has 12 rings (SSSR count). The highest BCUT2D eigenvalue weighted by molar-refractivity contribution is 6.10. The van der Waals surface area contributed by atoms with Gasteiger partial charge in [-0.15, -0.1) is 0 Å². The molecule has 11 aromatic carbocycles. The molecule has 0 spiro atoms. The van der Waals surface area contributed by atoms with Crippen LogP contribution < -0.4 is 4.90 Å². The molecule has 2 heteroatoms. The third-order valence-corrected chi connectivity index (χ3v) is 13.0. The zero-order valence-electron chi connectivity index (χ0n) is 36.3. The molecule has 0 aliphatic heterocycles. The molecule has 0 amide bonds. The fourth-order valence-electron chi connectivity index (χ4n) is 9.97. The molecule has 0 aliphatic rings. The molecule has 0 fully saturated rings. The van der Waals surface area contributed by atoms with Crippen molar-refractivity contribution in [2.75, 3.05) is 4.90 Å². The maximum atomic E-state index is 2.44. The second kappa shape index (κ2) is 16.8. The lowest BCUT2D eigenvalue weighted by Gasteiger charge is -2.28. The number of hydrogen-bond donors (Lipinski definition) is 0. The van der Waals surface area contributed by atoms with Crippen LogP contribution in [0.3, 0.4) is 0 Å². The first-order valence-electron chi connectivity index (χ1n) is 22.7. The fraction of sp³-hybridized carbons (Fsp3) is 0. The Balaban J connectivity index is 1.05. The lowest BCUT2D eigenvalue weighted by atomic mass is 9.92. The van der Waals surface area contributed by atoms with Crippen LogP contribution >= 0.6 is 0 Å². The largest absolute Gasteiger partial charge is 0.310 e. The first kappa shape index (κ1) is 38.9. The van der Waals surface area contributed by atoms with Gasteiger partial charge in [-0.25, -0.2) is 0 Å². The van der Waals surface area contributed by atoms with Crippen molar-refractivity contribution in [1.82, 2.24) is 4.57 Å². The average Bonchev–Trinajstić information content (AvgIpc) is 3.73. The van der Waals surface area contributed by atoms with E-state index in [1.807, 2.05) is 0 Å². The van der Waals surface area contributed by atoms with E-state index in [0.29, 0.717) is 0 Å². The van der Waals surface area contributed by atoms with Crippen LogP contribution in [0.2, 0.25) is 0 Å². The Morgan fingerprint density at radius 1 is 0.242 bits per heavy atom. The lowest BCUT2D eigenvalue weighted by Crippen LogP contribution is -2.10. The molecule has 0 saturated heterocycles. The molecular formula is C64H44N2. The zero-order valence-corrected chi connectivity index (χ0v) is 36.3. The molecule has 0 atom stereocenters. The number of fused-ring (bicyclic) bond motifs is 4. The molecule has 12 aromatic rings. The SMILES string of the molecule is c1ccc(-c2ccccc2-c2ccc(N(c3cccc(-c4cccc5ccccc45)c3)c3ccc(-c4ccccc4-n4c5ccccc5c5ccccc54)c(-c4ccccc4)c3)cc2)cc1. The molecular weight excluding hydrogens is 797 g/mol. The molecule has 66 heavy (non-hydrogen) atoms. The molecule has 0 radical (unpaired) electrons. The van der Waals surface area contributed by atoms with E-state index in [1.54, 1.807) is 0 Å². The molecule has 0 bridgehead atoms. The van der Waals surface area contributed by atoms with E-state index in [1.165, 1.54) is 77.1 Å². The number of nitrogens with zero attached hydrogens (tertiary/aromatic N) is 2. The number of rotatable bonds is 9. The van der Waals surface area contributed by atoms with Crippen molar-refractivity contribution in [3.63, 3.8) is 0 Å². The van der Waals surface area contributed by atoms with Crippen molar-refractivity contribution in [1.29, 1.82) is 0 Å². The van der Waals surface area contributed by atoms with Crippen molar-refractivity contribution in [3.8, 4) is 61.3 Å². The number of anilines is 3. The average molecular weight is 841 g/mol. The van der Waals surface area contributed by atoms with Gasteiger partial charge >= 0.3 is 0 Å². The summed E-state index contributed by atoms with van der Waals surface area (Å²) < 4.78 is 2.44. The van der Waals surface area contributed by atoms with Crippen molar-refractivity contribution in [3.05, 3.63) is 267 Å². The maximum Gasteiger partial charge on any atom is 0.0541 e. The van der Waals surface area contributed by atoms with Gasteiger partial charge in [0.15, 0.2) is 0 Å². The highest BCUT2D eigenvalue weighted by Crippen LogP contribution is 2.45. The van der Waals surface area contributed by atoms with Gasteiger partial charge in [0.1, 0.15) is 0 Å². The van der Waals surface area contributed by atoms with Gasteiger partial charge in [-0.2, -0.15) is 0 Å². The normalized spacial score (nSPS) is 11.3. The van der Waals surface area contributed by atoms with E-state index >= 15 is 0 Å². The van der Waals surface area contributed by atoms with Gasteiger partial charge in [0.25, 0.3) is 0 Å². The van der Waals surface area contributed by atoms with Gasteiger partial charge in [0, 0.05) is 33.4 Å². The Kier molecular flexibility index (Phi) is 9.89. The van der Waals surface area contributed by atoms with Crippen molar-refractivity contribution in [2.45, 2.75) is 0 Å². The third-order valence-electron chi connectivity index (χ3n) is 13.0. The van der Waals surface area contributed by atoms with Crippen LogP contribution in [0.1, 0.15) is 0 Å². The number of aromatic nitrogens is 1. The highest BCUT2D eigenvalue weighted by atomic mass is 15.1. The lowest BCUT2D eigenvalue weighted by molar-refractivity contribution is 1.18. The molecule has 0 aliphatic carbocycles. The number of para-hydroxylation sites is 3. The predicted octanol–water partition coefficient (Wildman–Crippen LogP) is 17.7. The summed E-state index contributed by atoms with van der Waals surface area (Å²) in [6.45, 7) is 0. The number of hydrogen-bond acceptors (Lipinski definition) is 1. The second-order valence-corrected chi connectivity index (χ2v) is 16.9. The van der Waals surface area contributed by atoms with E-state index in [9.17, 15) is 0 Å². The Morgan fingerprint density at radius 2 is 0.712 bits per heavy atom. The van der Waals surface area contributed by atoms with E-state index < -0.39 is 0 Å². The van der Waals surface area contributed by atoms with Gasteiger partial charge in [-0.3, -0.25) is 0 Å². The standard InChI is InChI=1S/C64H44N2/c1-3-19-45(20-4-1)53-28-9-10-29-55(53)48-37-39-50(40-38-48)65(51-26-17-25-49(43-51)56-33-18-24-46-23-7-8-27-54(46)56)52-41-42-57(61(44-52)47-21-5-2-6-22-47)58-30-11-14-34-62(58)66-63-35-15-12-31-59(63)60-32-13-16-36-64(60)66/h1-44H. The quantitative estimate of drug-likeness (QED) is 0.141. The Hall–Kier alpha value is -8.72. The van der Waals surface area contributed by atoms with Crippen LogP contribution in [0.15, 0.2) is 267 Å². The summed E-state index contributed by atoms with van der Waals surface area (Å²) in [6, 6.07) is 96.9. The summed E-state index contributed by atoms with van der Waals surface area (Å²) in [4.78, 5) is 2.41. The zero-order chi connectivity index (χ0) is 43.8. The molecule has 1 heterocycles. The summed E-state index contributed by atoms with van der Waals surface area (Å²) in [5.74, 6) is 0. The summed E-state index contributed by atoms with van der Waals surface area (Å²) in [6.07, 6.45) is 0. The van der Waals surface area contributed by atoms with Crippen LogP contribution in [-0.2, 0) is 0 Å². The monoisotopic (exact) mass is 840 g/mol. The topological polar surface area (TPSA) is 8.17 Å². The van der Waals surface area contributed by atoms with Gasteiger partial charge in [0.05, 0.1) is 16.7 Å². The summed E-state index contributed by atoms with van der Waals surface area (Å²) in [5.41, 5.74) is 18.6. The predicted molar refractivity (Wildman–Crippen MR) is 280 cm³/mol. The molecule has 310 valence electrons. The van der Waals surface area contributed by atoms with E-state index in [-0.39, 0.29) is 0 Å². The number of benzene rings is 11. The van der Waals surface area contributed by atoms with Crippen molar-refractivity contribution in [2.24, 2.45) is 0 Å². The summed E-state index contributed by atoms with van der Waals surface area (Å²) in [7, 11) is 0. The van der Waals surface area contributed by atoms with Gasteiger partial charge < -0.3 is 9.47 Å². The summed E-state index contributed by atoms with van der Waals surface area (Å²) in [5, 5.41) is 4.96. The fourth-order valence-corrected chi connectivity index (χ4v) is 9.97. The second-order valence-electron chi connectivity index (χ2n) is 16.9. The molecule has 0 unspecified atom stereocenters. The van der Waals surface area contributed by atoms with Gasteiger partial charge in [0.2, 0.25) is 0 Å². The minimum absolute atomic E-state index is 1.07. The molecule has 2 nitrogen and oxygen atoms in total. The van der Waals surface area contributed by atoms with Crippen LogP contribution in [0.5, 0.6) is 0 Å². The highest BCUT2D eigenvalue weighted by Gasteiger charge is 2.21. The van der Waals surface area contributed by atoms with Crippen LogP contribution in [0.25, 0.3) is 93.9 Å². The Labute approximate surface area is 385 Å². The Bertz CT molecular complexity index is 3640. The van der Waals surface area contributed by atoms with Crippen molar-refractivity contribution >= 4 is 49.6 Å². The summed E-state index contributed by atoms with van der Waals surface area (Å²) >= 11 is 0. The van der Waals surface area contributed by atoms with Crippen molar-refractivity contribution < 1.29 is 0 Å². The van der Waals surface area contributed by atoms with Gasteiger partial charge in [-0.1, -0.05) is 212 Å². The third kappa shape index (κ3) is 6.93. The maximum absolute atomic E-state index is 2.44. The van der Waals surface area contributed by atoms with E-state index in [0.717, 1.165) is 33.9 Å². The van der Waals surface area contributed by atoms with Crippen LogP contribution in [-0.4, -0.2) is 4.57 Å². The van der Waals surface area contributed by atoms with Gasteiger partial charge in [-0.05, 0) is 115 Å². The van der Waals surface area contributed by atoms with Crippen LogP contribution in [0, 0.1) is 0 Å². The minimum atomic E-state index is 1.07. The first-order valence-corrected chi connectivity index (χ1v) is 22.7. The minimum Gasteiger partial charge on any atom is -0.310 e. The van der Waals surface area contributed by atoms with E-state index in [4.69, 9.17) is 0 Å². The van der Waals surface area contributed by atoms with Crippen LogP contribution in [0.4, 0.5) is 17.1 Å². The molecule has 1 aromatic heterocycles. The smallest absolute Gasteiger partial charge is 0.0541 e.